The Bertz CT molecular complexity index is 1310. The summed E-state index contributed by atoms with van der Waals surface area (Å²) in [5.74, 6) is 1.72. The molecule has 2 aromatic carbocycles. The van der Waals surface area contributed by atoms with E-state index >= 15 is 0 Å². The third-order valence-corrected chi connectivity index (χ3v) is 7.94. The Labute approximate surface area is 189 Å². The van der Waals surface area contributed by atoms with E-state index in [1.54, 1.807) is 34.8 Å². The van der Waals surface area contributed by atoms with Crippen LogP contribution >= 0.6 is 23.1 Å². The molecule has 0 fully saturated rings. The quantitative estimate of drug-likeness (QED) is 0.203. The van der Waals surface area contributed by atoms with E-state index < -0.39 is 0 Å². The number of hydrogen-bond donors (Lipinski definition) is 0. The predicted octanol–water partition coefficient (Wildman–Crippen LogP) is 6.11. The molecule has 0 aliphatic heterocycles. The first-order valence-electron chi connectivity index (χ1n) is 10.6. The molecule has 4 nitrogen and oxygen atoms in total. The van der Waals surface area contributed by atoms with Crippen LogP contribution < -0.4 is 10.3 Å². The van der Waals surface area contributed by atoms with Crippen LogP contribution in [0, 0.1) is 0 Å². The van der Waals surface area contributed by atoms with Crippen molar-refractivity contribution in [2.45, 2.75) is 37.8 Å². The summed E-state index contributed by atoms with van der Waals surface area (Å²) in [6.45, 7) is 2.18. The van der Waals surface area contributed by atoms with Crippen LogP contribution in [0.1, 0.15) is 30.9 Å². The van der Waals surface area contributed by atoms with Crippen molar-refractivity contribution in [1.29, 1.82) is 0 Å². The molecule has 0 atom stereocenters. The molecule has 6 heteroatoms. The number of thioether (sulfide) groups is 1. The van der Waals surface area contributed by atoms with E-state index in [1.165, 1.54) is 16.0 Å². The molecule has 0 saturated heterocycles. The van der Waals surface area contributed by atoms with Crippen LogP contribution in [0.25, 0.3) is 26.3 Å². The zero-order chi connectivity index (χ0) is 21.4. The third-order valence-electron chi connectivity index (χ3n) is 5.76. The van der Waals surface area contributed by atoms with Gasteiger partial charge in [0.2, 0.25) is 0 Å². The maximum absolute atomic E-state index is 13.9. The van der Waals surface area contributed by atoms with Crippen LogP contribution in [0.2, 0.25) is 0 Å². The van der Waals surface area contributed by atoms with Gasteiger partial charge in [-0.2, -0.15) is 0 Å². The van der Waals surface area contributed by atoms with Crippen molar-refractivity contribution in [1.82, 2.24) is 9.55 Å². The van der Waals surface area contributed by atoms with Crippen LogP contribution in [0.15, 0.2) is 58.5 Å². The molecular formula is C25H24N2O2S2. The summed E-state index contributed by atoms with van der Waals surface area (Å²) in [7, 11) is 1.65. The Morgan fingerprint density at radius 2 is 1.94 bits per heavy atom. The highest BCUT2D eigenvalue weighted by molar-refractivity contribution is 7.99. The summed E-state index contributed by atoms with van der Waals surface area (Å²) in [4.78, 5) is 20.9. The van der Waals surface area contributed by atoms with E-state index in [0.717, 1.165) is 63.8 Å². The summed E-state index contributed by atoms with van der Waals surface area (Å²) in [5.41, 5.74) is 4.63. The second-order valence-electron chi connectivity index (χ2n) is 7.68. The van der Waals surface area contributed by atoms with Crippen molar-refractivity contribution in [3.05, 3.63) is 70.0 Å². The first-order valence-corrected chi connectivity index (χ1v) is 12.5. The van der Waals surface area contributed by atoms with Crippen molar-refractivity contribution in [2.24, 2.45) is 0 Å². The first kappa shape index (κ1) is 20.3. The highest BCUT2D eigenvalue weighted by atomic mass is 32.2. The Kier molecular flexibility index (Phi) is 5.59. The monoisotopic (exact) mass is 448 g/mol. The first-order chi connectivity index (χ1) is 15.2. The molecule has 1 aliphatic carbocycles. The molecule has 0 bridgehead atoms. The van der Waals surface area contributed by atoms with Gasteiger partial charge >= 0.3 is 0 Å². The molecule has 0 saturated carbocycles. The molecule has 31 heavy (non-hydrogen) atoms. The Balaban J connectivity index is 1.73. The van der Waals surface area contributed by atoms with Gasteiger partial charge in [0.15, 0.2) is 5.16 Å². The molecule has 2 heterocycles. The molecular weight excluding hydrogens is 424 g/mol. The Morgan fingerprint density at radius 3 is 2.71 bits per heavy atom. The second-order valence-corrected chi connectivity index (χ2v) is 9.74. The van der Waals surface area contributed by atoms with Crippen LogP contribution in [0.3, 0.4) is 0 Å². The maximum Gasteiger partial charge on any atom is 0.267 e. The number of hydrogen-bond acceptors (Lipinski definition) is 5. The number of rotatable bonds is 6. The lowest BCUT2D eigenvalue weighted by Gasteiger charge is -2.16. The fraction of sp³-hybridized carbons (Fsp3) is 0.280. The van der Waals surface area contributed by atoms with E-state index in [-0.39, 0.29) is 5.56 Å². The van der Waals surface area contributed by atoms with Crippen LogP contribution in [0.4, 0.5) is 0 Å². The SMILES string of the molecule is CCCCSc1nc2sc3c(c2c(=O)n1-c1ccc(OC)cc1)CCc1ccccc1-3. The summed E-state index contributed by atoms with van der Waals surface area (Å²) < 4.78 is 7.09. The van der Waals surface area contributed by atoms with Gasteiger partial charge in [0.1, 0.15) is 10.6 Å². The van der Waals surface area contributed by atoms with E-state index in [0.29, 0.717) is 0 Å². The van der Waals surface area contributed by atoms with Crippen LogP contribution in [-0.4, -0.2) is 22.4 Å². The number of unbranched alkanes of at least 4 members (excludes halogenated alkanes) is 1. The largest absolute Gasteiger partial charge is 0.497 e. The Morgan fingerprint density at radius 1 is 1.13 bits per heavy atom. The van der Waals surface area contributed by atoms with Gasteiger partial charge in [-0.3, -0.25) is 9.36 Å². The lowest BCUT2D eigenvalue weighted by Crippen LogP contribution is -2.22. The topological polar surface area (TPSA) is 44.1 Å². The average molecular weight is 449 g/mol. The maximum atomic E-state index is 13.9. The third kappa shape index (κ3) is 3.58. The summed E-state index contributed by atoms with van der Waals surface area (Å²) in [6, 6.07) is 16.2. The van der Waals surface area contributed by atoms with Gasteiger partial charge in [-0.1, -0.05) is 49.4 Å². The predicted molar refractivity (Wildman–Crippen MR) is 130 cm³/mol. The minimum Gasteiger partial charge on any atom is -0.497 e. The van der Waals surface area contributed by atoms with Crippen LogP contribution in [-0.2, 0) is 12.8 Å². The number of aromatic nitrogens is 2. The molecule has 0 unspecified atom stereocenters. The molecule has 4 aromatic rings. The summed E-state index contributed by atoms with van der Waals surface area (Å²) in [5, 5.41) is 1.55. The van der Waals surface area contributed by atoms with Gasteiger partial charge in [0, 0.05) is 10.6 Å². The fourth-order valence-electron chi connectivity index (χ4n) is 4.13. The van der Waals surface area contributed by atoms with E-state index in [4.69, 9.17) is 9.72 Å². The highest BCUT2D eigenvalue weighted by Crippen LogP contribution is 2.42. The number of ether oxygens (including phenoxy) is 1. The lowest BCUT2D eigenvalue weighted by atomic mass is 9.90. The van der Waals surface area contributed by atoms with Gasteiger partial charge in [0.05, 0.1) is 18.2 Å². The molecule has 2 aromatic heterocycles. The number of fused-ring (bicyclic) bond motifs is 5. The molecule has 5 rings (SSSR count). The number of nitrogens with zero attached hydrogens (tertiary/aromatic N) is 2. The second kappa shape index (κ2) is 8.52. The molecule has 0 N–H and O–H groups in total. The van der Waals surface area contributed by atoms with E-state index in [9.17, 15) is 4.79 Å². The molecule has 0 radical (unpaired) electrons. The molecule has 0 spiro atoms. The summed E-state index contributed by atoms with van der Waals surface area (Å²) >= 11 is 3.33. The van der Waals surface area contributed by atoms with Crippen molar-refractivity contribution in [3.63, 3.8) is 0 Å². The molecule has 158 valence electrons. The van der Waals surface area contributed by atoms with Crippen molar-refractivity contribution >= 4 is 33.3 Å². The number of methoxy groups -OCH3 is 1. The molecule has 1 aliphatic rings. The van der Waals surface area contributed by atoms with Crippen molar-refractivity contribution in [2.75, 3.05) is 12.9 Å². The van der Waals surface area contributed by atoms with Gasteiger partial charge in [-0.15, -0.1) is 11.3 Å². The number of aryl methyl sites for hydroxylation is 2. The van der Waals surface area contributed by atoms with Crippen molar-refractivity contribution < 1.29 is 4.74 Å². The highest BCUT2D eigenvalue weighted by Gasteiger charge is 2.25. The standard InChI is InChI=1S/C25H24N2O2S2/c1-3-4-15-30-25-26-23-21(24(28)27(25)17-10-12-18(29-2)13-11-17)20-14-9-16-7-5-6-8-19(16)22(20)31-23/h5-8,10-13H,3-4,9,14-15H2,1-2H3. The van der Waals surface area contributed by atoms with Crippen LogP contribution in [0.5, 0.6) is 5.75 Å². The molecule has 0 amide bonds. The van der Waals surface area contributed by atoms with E-state index in [1.807, 2.05) is 24.3 Å². The van der Waals surface area contributed by atoms with Crippen molar-refractivity contribution in [3.8, 4) is 21.9 Å². The van der Waals surface area contributed by atoms with Gasteiger partial charge in [0.25, 0.3) is 5.56 Å². The van der Waals surface area contributed by atoms with Gasteiger partial charge < -0.3 is 4.74 Å². The smallest absolute Gasteiger partial charge is 0.267 e. The number of benzene rings is 2. The summed E-state index contributed by atoms with van der Waals surface area (Å²) in [6.07, 6.45) is 4.06. The number of thiophene rings is 1. The lowest BCUT2D eigenvalue weighted by molar-refractivity contribution is 0.414. The van der Waals surface area contributed by atoms with Gasteiger partial charge in [-0.05, 0) is 60.2 Å². The fourth-order valence-corrected chi connectivity index (χ4v) is 6.55. The minimum atomic E-state index is 0.0334. The normalized spacial score (nSPS) is 12.6. The van der Waals surface area contributed by atoms with E-state index in [2.05, 4.69) is 31.2 Å². The van der Waals surface area contributed by atoms with Gasteiger partial charge in [-0.25, -0.2) is 4.98 Å². The Hall–Kier alpha value is -2.57. The zero-order valence-corrected chi connectivity index (χ0v) is 19.3. The minimum absolute atomic E-state index is 0.0334. The zero-order valence-electron chi connectivity index (χ0n) is 17.7. The average Bonchev–Trinajstić information content (AvgIpc) is 3.19.